The molecule has 1 saturated carbocycles. The Morgan fingerprint density at radius 2 is 1.73 bits per heavy atom. The van der Waals surface area contributed by atoms with Gasteiger partial charge in [0.05, 0.1) is 23.1 Å². The second-order valence-corrected chi connectivity index (χ2v) is 16.1. The zero-order chi connectivity index (χ0) is 35.5. The summed E-state index contributed by atoms with van der Waals surface area (Å²) >= 11 is 6.15. The second-order valence-electron chi connectivity index (χ2n) is 15.7. The average Bonchev–Trinajstić information content (AvgIpc) is 3.77. The van der Waals surface area contributed by atoms with Crippen LogP contribution in [-0.2, 0) is 33.8 Å². The van der Waals surface area contributed by atoms with Crippen molar-refractivity contribution in [3.63, 3.8) is 0 Å². The summed E-state index contributed by atoms with van der Waals surface area (Å²) in [6.07, 6.45) is 4.45. The molecule has 0 radical (unpaired) electrons. The van der Waals surface area contributed by atoms with E-state index in [-0.39, 0.29) is 12.0 Å². The van der Waals surface area contributed by atoms with Gasteiger partial charge in [-0.15, -0.1) is 0 Å². The highest BCUT2D eigenvalue weighted by molar-refractivity contribution is 6.30. The Morgan fingerprint density at radius 1 is 0.980 bits per heavy atom. The largest absolute Gasteiger partial charge is 0.488 e. The standard InChI is InChI=1S/C23H20ClN3O3.C15H26O4/c24-14-4-5-15-13(8-14)11-30-20-10-16-12(9-17(15)20)3-6-18-21(16)26-22(25-18)19-2-1-7-27(19)23(28)29;1-13(2,3)15(12(17)18)9-7-8-10(15)11(16)19-14(4,5)6/h4-5,8-10,19H,1-3,6-7,11H2,(H,25,26)(H,28,29);10H,7-9H2,1-6H3,(H,17,18)/t;10?,15-/m.0/s1. The molecule has 0 spiro atoms. The van der Waals surface area contributed by atoms with Gasteiger partial charge in [-0.3, -0.25) is 14.5 Å². The summed E-state index contributed by atoms with van der Waals surface area (Å²) < 4.78 is 11.5. The number of amides is 1. The van der Waals surface area contributed by atoms with Crippen LogP contribution in [0, 0.1) is 16.7 Å². The lowest BCUT2D eigenvalue weighted by Crippen LogP contribution is -2.49. The monoisotopic (exact) mass is 691 g/mol. The molecule has 1 saturated heterocycles. The van der Waals surface area contributed by atoms with Gasteiger partial charge >= 0.3 is 18.0 Å². The minimum absolute atomic E-state index is 0.193. The minimum Gasteiger partial charge on any atom is -0.488 e. The first-order valence-corrected chi connectivity index (χ1v) is 17.5. The molecule has 49 heavy (non-hydrogen) atoms. The minimum atomic E-state index is -1.02. The van der Waals surface area contributed by atoms with Crippen molar-refractivity contribution in [1.82, 2.24) is 14.9 Å². The number of esters is 1. The summed E-state index contributed by atoms with van der Waals surface area (Å²) in [5.74, 6) is -0.194. The van der Waals surface area contributed by atoms with Crippen LogP contribution >= 0.6 is 11.6 Å². The number of nitrogens with zero attached hydrogens (tertiary/aromatic N) is 2. The highest BCUT2D eigenvalue weighted by atomic mass is 35.5. The first-order valence-electron chi connectivity index (χ1n) is 17.1. The number of hydrogen-bond donors (Lipinski definition) is 3. The number of carboxylic acids is 1. The Labute approximate surface area is 292 Å². The van der Waals surface area contributed by atoms with Crippen molar-refractivity contribution in [2.24, 2.45) is 16.7 Å². The van der Waals surface area contributed by atoms with Gasteiger partial charge in [-0.2, -0.15) is 0 Å². The van der Waals surface area contributed by atoms with Gasteiger partial charge in [0.15, 0.2) is 0 Å². The van der Waals surface area contributed by atoms with Crippen LogP contribution in [0.15, 0.2) is 30.3 Å². The topological polar surface area (TPSA) is 142 Å². The van der Waals surface area contributed by atoms with Crippen molar-refractivity contribution in [2.45, 2.75) is 105 Å². The number of H-pyrrole nitrogens is 1. The predicted octanol–water partition coefficient (Wildman–Crippen LogP) is 8.45. The van der Waals surface area contributed by atoms with Gasteiger partial charge in [0.2, 0.25) is 0 Å². The number of benzene rings is 2. The van der Waals surface area contributed by atoms with E-state index in [0.717, 1.165) is 76.8 Å². The van der Waals surface area contributed by atoms with E-state index in [9.17, 15) is 24.6 Å². The predicted molar refractivity (Wildman–Crippen MR) is 186 cm³/mol. The maximum absolute atomic E-state index is 12.3. The Bertz CT molecular complexity index is 1800. The maximum Gasteiger partial charge on any atom is 0.407 e. The van der Waals surface area contributed by atoms with E-state index in [1.807, 2.05) is 32.9 Å². The lowest BCUT2D eigenvalue weighted by atomic mass is 9.61. The van der Waals surface area contributed by atoms with Gasteiger partial charge in [0, 0.05) is 28.4 Å². The molecule has 2 aromatic carbocycles. The summed E-state index contributed by atoms with van der Waals surface area (Å²) in [4.78, 5) is 45.6. The maximum atomic E-state index is 12.3. The number of hydrogen-bond acceptors (Lipinski definition) is 6. The second kappa shape index (κ2) is 12.7. The number of aromatic amines is 1. The number of carboxylic acid groups (broad SMARTS) is 2. The Morgan fingerprint density at radius 3 is 2.41 bits per heavy atom. The molecule has 7 rings (SSSR count). The highest BCUT2D eigenvalue weighted by Crippen LogP contribution is 2.55. The summed E-state index contributed by atoms with van der Waals surface area (Å²) in [5, 5.41) is 19.9. The summed E-state index contributed by atoms with van der Waals surface area (Å²) in [6.45, 7) is 12.2. The number of imidazole rings is 1. The van der Waals surface area contributed by atoms with E-state index in [0.29, 0.717) is 26.0 Å². The first kappa shape index (κ1) is 34.8. The van der Waals surface area contributed by atoms with Crippen LogP contribution in [0.2, 0.25) is 5.02 Å². The lowest BCUT2D eigenvalue weighted by Gasteiger charge is -2.42. The van der Waals surface area contributed by atoms with Crippen LogP contribution in [-0.4, -0.2) is 55.3 Å². The Balaban J connectivity index is 0.000000191. The summed E-state index contributed by atoms with van der Waals surface area (Å²) in [5.41, 5.74) is 5.62. The molecular formula is C38H46ClN3O7. The van der Waals surface area contributed by atoms with Crippen LogP contribution in [0.25, 0.3) is 22.4 Å². The van der Waals surface area contributed by atoms with Crippen LogP contribution in [0.3, 0.4) is 0 Å². The van der Waals surface area contributed by atoms with E-state index in [1.54, 1.807) is 20.8 Å². The fourth-order valence-electron chi connectivity index (χ4n) is 8.18. The van der Waals surface area contributed by atoms with Crippen LogP contribution < -0.4 is 4.74 Å². The normalized spacial score (nSPS) is 22.5. The highest BCUT2D eigenvalue weighted by Gasteiger charge is 2.60. The van der Waals surface area contributed by atoms with Crippen molar-refractivity contribution < 1.29 is 34.1 Å². The zero-order valence-electron chi connectivity index (χ0n) is 29.1. The van der Waals surface area contributed by atoms with Crippen LogP contribution in [0.4, 0.5) is 4.79 Å². The molecule has 2 aliphatic heterocycles. The van der Waals surface area contributed by atoms with Gasteiger partial charge in [0.25, 0.3) is 0 Å². The lowest BCUT2D eigenvalue weighted by molar-refractivity contribution is -0.178. The molecule has 1 amide bonds. The van der Waals surface area contributed by atoms with Crippen LogP contribution in [0.5, 0.6) is 5.75 Å². The molecular weight excluding hydrogens is 646 g/mol. The van der Waals surface area contributed by atoms with Gasteiger partial charge < -0.3 is 24.7 Å². The third-order valence-corrected chi connectivity index (χ3v) is 10.8. The molecule has 10 nitrogen and oxygen atoms in total. The Kier molecular flexibility index (Phi) is 9.01. The number of likely N-dealkylation sites (tertiary alicyclic amines) is 1. The number of carbonyl (C=O) groups excluding carboxylic acids is 1. The number of nitrogens with one attached hydrogen (secondary N) is 1. The molecule has 1 aromatic heterocycles. The molecule has 3 aromatic rings. The molecule has 0 bridgehead atoms. The number of fused-ring (bicyclic) bond motifs is 6. The number of aliphatic carboxylic acids is 1. The molecule has 11 heteroatoms. The van der Waals surface area contributed by atoms with E-state index in [1.165, 1.54) is 16.0 Å². The van der Waals surface area contributed by atoms with E-state index in [4.69, 9.17) is 26.1 Å². The summed E-state index contributed by atoms with van der Waals surface area (Å²) in [6, 6.07) is 10.1. The van der Waals surface area contributed by atoms with Crippen molar-refractivity contribution in [2.75, 3.05) is 6.54 Å². The first-order chi connectivity index (χ1) is 23.0. The molecule has 3 atom stereocenters. The van der Waals surface area contributed by atoms with Gasteiger partial charge in [0.1, 0.15) is 23.8 Å². The molecule has 3 N–H and O–H groups in total. The third kappa shape index (κ3) is 6.40. The molecule has 4 aliphatic rings. The molecule has 2 aliphatic carbocycles. The molecule has 262 valence electrons. The van der Waals surface area contributed by atoms with E-state index in [2.05, 4.69) is 23.2 Å². The van der Waals surface area contributed by atoms with Crippen molar-refractivity contribution in [1.29, 1.82) is 0 Å². The Hall–Kier alpha value is -4.05. The molecule has 2 unspecified atom stereocenters. The molecule has 3 heterocycles. The number of rotatable bonds is 3. The number of ether oxygens (including phenoxy) is 2. The summed E-state index contributed by atoms with van der Waals surface area (Å²) in [7, 11) is 0. The number of carbonyl (C=O) groups is 3. The number of halogens is 1. The van der Waals surface area contributed by atoms with Crippen molar-refractivity contribution in [3.05, 3.63) is 58.0 Å². The number of aryl methyl sites for hydroxylation is 2. The van der Waals surface area contributed by atoms with Crippen molar-refractivity contribution >= 4 is 29.6 Å². The smallest absolute Gasteiger partial charge is 0.407 e. The fraction of sp³-hybridized carbons (Fsp3) is 0.526. The zero-order valence-corrected chi connectivity index (χ0v) is 29.9. The van der Waals surface area contributed by atoms with Gasteiger partial charge in [-0.1, -0.05) is 44.9 Å². The molecule has 2 fully saturated rings. The fourth-order valence-corrected chi connectivity index (χ4v) is 8.38. The van der Waals surface area contributed by atoms with E-state index >= 15 is 0 Å². The third-order valence-electron chi connectivity index (χ3n) is 10.5. The van der Waals surface area contributed by atoms with E-state index < -0.39 is 34.4 Å². The SMILES string of the molecule is CC(C)(C)OC(=O)C1CCC[C@]1(C(=O)O)C(C)(C)C.O=C(O)N1CCCC1c1nc2c([nH]1)CCc1cc3c(cc1-2)OCc1cc(Cl)ccc1-3. The average molecular weight is 692 g/mol. The number of aromatic nitrogens is 2. The van der Waals surface area contributed by atoms with Gasteiger partial charge in [-0.05, 0) is 106 Å². The van der Waals surface area contributed by atoms with Crippen molar-refractivity contribution in [3.8, 4) is 28.1 Å². The quantitative estimate of drug-likeness (QED) is 0.232. The van der Waals surface area contributed by atoms with Gasteiger partial charge in [-0.25, -0.2) is 9.78 Å². The van der Waals surface area contributed by atoms with Crippen LogP contribution in [0.1, 0.15) is 102 Å².